The largest absolute Gasteiger partial charge is 0.350 e. The van der Waals surface area contributed by atoms with Gasteiger partial charge in [0.2, 0.25) is 5.76 Å². The third-order valence-corrected chi connectivity index (χ3v) is 4.38. The van der Waals surface area contributed by atoms with Crippen LogP contribution in [0.25, 0.3) is 22.9 Å². The first-order valence-electron chi connectivity index (χ1n) is 8.09. The predicted octanol–water partition coefficient (Wildman–Crippen LogP) is 3.56. The van der Waals surface area contributed by atoms with Crippen LogP contribution in [0.5, 0.6) is 0 Å². The van der Waals surface area contributed by atoms with Crippen molar-refractivity contribution >= 4 is 0 Å². The fourth-order valence-electron chi connectivity index (χ4n) is 3.10. The monoisotopic (exact) mass is 313 g/mol. The first-order chi connectivity index (χ1) is 11.3. The van der Waals surface area contributed by atoms with Gasteiger partial charge in [0, 0.05) is 30.8 Å². The molecule has 0 spiro atoms. The zero-order chi connectivity index (χ0) is 15.6. The van der Waals surface area contributed by atoms with Crippen LogP contribution < -0.4 is 0 Å². The Kier molecular flexibility index (Phi) is 3.69. The molecule has 4 rings (SSSR count). The van der Waals surface area contributed by atoms with Crippen LogP contribution in [0.3, 0.4) is 0 Å². The number of nitrogens with zero attached hydrogens (tertiary/aromatic N) is 5. The molecule has 23 heavy (non-hydrogen) atoms. The topological polar surface area (TPSA) is 82.8 Å². The number of aromatic nitrogens is 5. The summed E-state index contributed by atoms with van der Waals surface area (Å²) in [5, 5.41) is 12.3. The highest BCUT2D eigenvalue weighted by Gasteiger charge is 2.22. The zero-order valence-electron chi connectivity index (χ0n) is 13.1. The molecule has 3 heterocycles. The summed E-state index contributed by atoms with van der Waals surface area (Å²) in [7, 11) is 1.86. The summed E-state index contributed by atoms with van der Waals surface area (Å²) in [5.41, 5.74) is 1.60. The highest BCUT2D eigenvalue weighted by Crippen LogP contribution is 2.31. The van der Waals surface area contributed by atoms with Gasteiger partial charge in [-0.2, -0.15) is 10.1 Å². The summed E-state index contributed by atoms with van der Waals surface area (Å²) in [6.07, 6.45) is 11.0. The second-order valence-corrected chi connectivity index (χ2v) is 6.13. The van der Waals surface area contributed by atoms with Crippen LogP contribution in [0.2, 0.25) is 0 Å². The highest BCUT2D eigenvalue weighted by atomic mass is 16.5. The molecule has 0 atom stereocenters. The summed E-state index contributed by atoms with van der Waals surface area (Å²) < 4.78 is 12.5. The van der Waals surface area contributed by atoms with Gasteiger partial charge in [0.25, 0.3) is 5.89 Å². The van der Waals surface area contributed by atoms with E-state index in [1.807, 2.05) is 13.2 Å². The molecule has 0 unspecified atom stereocenters. The van der Waals surface area contributed by atoms with Gasteiger partial charge in [0.05, 0.1) is 6.20 Å². The van der Waals surface area contributed by atoms with Gasteiger partial charge in [0.15, 0.2) is 5.82 Å². The Hall–Kier alpha value is -2.44. The van der Waals surface area contributed by atoms with Crippen LogP contribution in [0.15, 0.2) is 27.5 Å². The first kappa shape index (κ1) is 14.2. The van der Waals surface area contributed by atoms with E-state index in [4.69, 9.17) is 9.05 Å². The maximum absolute atomic E-state index is 5.38. The fraction of sp³-hybridized carbons (Fsp3) is 0.500. The van der Waals surface area contributed by atoms with E-state index >= 15 is 0 Å². The molecule has 3 aromatic heterocycles. The maximum Gasteiger partial charge on any atom is 0.296 e. The van der Waals surface area contributed by atoms with Gasteiger partial charge >= 0.3 is 0 Å². The molecule has 0 aliphatic heterocycles. The van der Waals surface area contributed by atoms with Gasteiger partial charge in [-0.05, 0) is 12.8 Å². The molecule has 0 amide bonds. The van der Waals surface area contributed by atoms with Crippen molar-refractivity contribution in [2.75, 3.05) is 0 Å². The lowest BCUT2D eigenvalue weighted by molar-refractivity contribution is 0.378. The molecule has 0 aromatic carbocycles. The Labute approximate surface area is 133 Å². The number of rotatable bonds is 3. The molecule has 7 heteroatoms. The Balaban J connectivity index is 1.56. The van der Waals surface area contributed by atoms with Crippen molar-refractivity contribution in [3.05, 3.63) is 24.3 Å². The summed E-state index contributed by atoms with van der Waals surface area (Å²) in [5.74, 6) is 2.08. The van der Waals surface area contributed by atoms with Crippen molar-refractivity contribution in [1.82, 2.24) is 25.1 Å². The van der Waals surface area contributed by atoms with Crippen LogP contribution in [-0.2, 0) is 7.05 Å². The lowest BCUT2D eigenvalue weighted by Gasteiger charge is -2.07. The van der Waals surface area contributed by atoms with E-state index in [1.54, 1.807) is 16.9 Å². The lowest BCUT2D eigenvalue weighted by Crippen LogP contribution is -1.99. The maximum atomic E-state index is 5.38. The molecule has 0 radical (unpaired) electrons. The molecule has 0 saturated heterocycles. The molecular weight excluding hydrogens is 294 g/mol. The fourth-order valence-corrected chi connectivity index (χ4v) is 3.10. The van der Waals surface area contributed by atoms with Crippen LogP contribution in [0.4, 0.5) is 0 Å². The van der Waals surface area contributed by atoms with Gasteiger partial charge in [-0.1, -0.05) is 36.0 Å². The molecule has 7 nitrogen and oxygen atoms in total. The standard InChI is InChI=1S/C16H19N5O2/c1-21-10-12(9-17-21)13-8-14(22-19-13)16-18-15(20-23-16)11-6-4-2-3-5-7-11/h8-11H,2-7H2,1H3. The molecule has 1 saturated carbocycles. The number of aryl methyl sites for hydroxylation is 1. The summed E-state index contributed by atoms with van der Waals surface area (Å²) in [4.78, 5) is 4.53. The van der Waals surface area contributed by atoms with E-state index in [0.29, 0.717) is 23.3 Å². The van der Waals surface area contributed by atoms with E-state index < -0.39 is 0 Å². The third-order valence-electron chi connectivity index (χ3n) is 4.38. The average Bonchev–Trinajstić information content (AvgIpc) is 3.25. The molecule has 1 fully saturated rings. The molecule has 1 aliphatic carbocycles. The van der Waals surface area contributed by atoms with Crippen LogP contribution in [0, 0.1) is 0 Å². The van der Waals surface area contributed by atoms with Gasteiger partial charge in [-0.25, -0.2) is 0 Å². The second-order valence-electron chi connectivity index (χ2n) is 6.13. The Morgan fingerprint density at radius 3 is 2.65 bits per heavy atom. The minimum Gasteiger partial charge on any atom is -0.350 e. The Morgan fingerprint density at radius 1 is 1.09 bits per heavy atom. The molecule has 3 aromatic rings. The summed E-state index contributed by atoms with van der Waals surface area (Å²) in [6.45, 7) is 0. The lowest BCUT2D eigenvalue weighted by atomic mass is 10.00. The molecule has 0 N–H and O–H groups in total. The minimum absolute atomic E-state index is 0.395. The molecule has 120 valence electrons. The highest BCUT2D eigenvalue weighted by molar-refractivity contribution is 5.61. The number of hydrogen-bond donors (Lipinski definition) is 0. The quantitative estimate of drug-likeness (QED) is 0.687. The smallest absolute Gasteiger partial charge is 0.296 e. The molecule has 1 aliphatic rings. The van der Waals surface area contributed by atoms with E-state index in [1.165, 1.54) is 25.7 Å². The van der Waals surface area contributed by atoms with Crippen LogP contribution in [-0.4, -0.2) is 25.1 Å². The zero-order valence-corrected chi connectivity index (χ0v) is 13.1. The van der Waals surface area contributed by atoms with E-state index in [-0.39, 0.29) is 0 Å². The number of hydrogen-bond acceptors (Lipinski definition) is 6. The van der Waals surface area contributed by atoms with Crippen molar-refractivity contribution in [2.45, 2.75) is 44.4 Å². The van der Waals surface area contributed by atoms with Crippen LogP contribution in [0.1, 0.15) is 50.3 Å². The predicted molar refractivity (Wildman–Crippen MR) is 82.4 cm³/mol. The normalized spacial score (nSPS) is 16.6. The Bertz CT molecular complexity index is 780. The van der Waals surface area contributed by atoms with Gasteiger partial charge in [-0.15, -0.1) is 0 Å². The average molecular weight is 313 g/mol. The minimum atomic E-state index is 0.395. The van der Waals surface area contributed by atoms with Crippen molar-refractivity contribution in [1.29, 1.82) is 0 Å². The SMILES string of the molecule is Cn1cc(-c2cc(-c3nc(C4CCCCCC4)no3)on2)cn1. The van der Waals surface area contributed by atoms with Gasteiger partial charge in [0.1, 0.15) is 5.69 Å². The molecule has 0 bridgehead atoms. The van der Waals surface area contributed by atoms with E-state index in [9.17, 15) is 0 Å². The van der Waals surface area contributed by atoms with Crippen molar-refractivity contribution in [3.8, 4) is 22.9 Å². The van der Waals surface area contributed by atoms with Gasteiger partial charge in [-0.3, -0.25) is 4.68 Å². The second kappa shape index (κ2) is 5.98. The third kappa shape index (κ3) is 2.91. The van der Waals surface area contributed by atoms with E-state index in [0.717, 1.165) is 24.2 Å². The van der Waals surface area contributed by atoms with E-state index in [2.05, 4.69) is 20.4 Å². The first-order valence-corrected chi connectivity index (χ1v) is 8.09. The van der Waals surface area contributed by atoms with Crippen molar-refractivity contribution in [2.24, 2.45) is 7.05 Å². The van der Waals surface area contributed by atoms with Crippen molar-refractivity contribution in [3.63, 3.8) is 0 Å². The van der Waals surface area contributed by atoms with Crippen molar-refractivity contribution < 1.29 is 9.05 Å². The van der Waals surface area contributed by atoms with Crippen LogP contribution >= 0.6 is 0 Å². The summed E-state index contributed by atoms with van der Waals surface area (Å²) in [6, 6.07) is 1.81. The molecular formula is C16H19N5O2. The Morgan fingerprint density at radius 2 is 1.91 bits per heavy atom. The summed E-state index contributed by atoms with van der Waals surface area (Å²) >= 11 is 0. The van der Waals surface area contributed by atoms with Gasteiger partial charge < -0.3 is 9.05 Å².